The van der Waals surface area contributed by atoms with Crippen molar-refractivity contribution in [1.29, 1.82) is 0 Å². The topological polar surface area (TPSA) is 55.6 Å². The minimum absolute atomic E-state index is 0.655. The Balaban J connectivity index is 2.21. The number of aromatic nitrogens is 4. The van der Waals surface area contributed by atoms with Gasteiger partial charge in [0.25, 0.3) is 0 Å². The summed E-state index contributed by atoms with van der Waals surface area (Å²) in [5, 5.41) is 4.23. The normalized spacial score (nSPS) is 11.0. The molecule has 1 N–H and O–H groups in total. The Labute approximate surface area is 124 Å². The van der Waals surface area contributed by atoms with Crippen molar-refractivity contribution in [2.45, 2.75) is 26.7 Å². The first-order valence-corrected chi connectivity index (χ1v) is 7.36. The second-order valence-electron chi connectivity index (χ2n) is 4.88. The second-order valence-corrected chi connectivity index (χ2v) is 4.88. The van der Waals surface area contributed by atoms with Crippen molar-refractivity contribution in [3.63, 3.8) is 0 Å². The van der Waals surface area contributed by atoms with Crippen LogP contribution in [0.2, 0.25) is 0 Å². The third-order valence-corrected chi connectivity index (χ3v) is 3.34. The standard InChI is InChI=1S/C16H19N5/c1-3-7-14-18-10-11-21(14)15-12-8-5-6-9-13(12)19-16(20-15)17-4-2/h5-6,8-11H,3-4,7H2,1-2H3,(H,17,19,20). The molecule has 3 rings (SSSR count). The van der Waals surface area contributed by atoms with Crippen LogP contribution in [0.4, 0.5) is 5.95 Å². The molecule has 2 heterocycles. The largest absolute Gasteiger partial charge is 0.354 e. The third-order valence-electron chi connectivity index (χ3n) is 3.34. The van der Waals surface area contributed by atoms with Gasteiger partial charge in [-0.2, -0.15) is 4.98 Å². The van der Waals surface area contributed by atoms with Gasteiger partial charge in [-0.3, -0.25) is 4.57 Å². The van der Waals surface area contributed by atoms with Gasteiger partial charge in [-0.15, -0.1) is 0 Å². The molecule has 21 heavy (non-hydrogen) atoms. The number of benzene rings is 1. The zero-order valence-corrected chi connectivity index (χ0v) is 12.4. The lowest BCUT2D eigenvalue weighted by molar-refractivity contribution is 0.800. The number of rotatable bonds is 5. The molecule has 0 fully saturated rings. The second kappa shape index (κ2) is 5.91. The van der Waals surface area contributed by atoms with Gasteiger partial charge in [-0.25, -0.2) is 9.97 Å². The maximum Gasteiger partial charge on any atom is 0.225 e. The molecule has 0 spiro atoms. The highest BCUT2D eigenvalue weighted by Gasteiger charge is 2.12. The van der Waals surface area contributed by atoms with Crippen molar-refractivity contribution in [1.82, 2.24) is 19.5 Å². The number of fused-ring (bicyclic) bond motifs is 1. The highest BCUT2D eigenvalue weighted by atomic mass is 15.2. The Bertz CT molecular complexity index is 747. The molecule has 0 amide bonds. The van der Waals surface area contributed by atoms with Crippen molar-refractivity contribution in [2.75, 3.05) is 11.9 Å². The fourth-order valence-electron chi connectivity index (χ4n) is 2.42. The number of para-hydroxylation sites is 1. The number of hydrogen-bond acceptors (Lipinski definition) is 4. The van der Waals surface area contributed by atoms with Crippen LogP contribution in [0.1, 0.15) is 26.1 Å². The Kier molecular flexibility index (Phi) is 3.81. The summed E-state index contributed by atoms with van der Waals surface area (Å²) in [6.45, 7) is 4.99. The molecule has 5 nitrogen and oxygen atoms in total. The number of nitrogens with zero attached hydrogens (tertiary/aromatic N) is 4. The zero-order valence-electron chi connectivity index (χ0n) is 12.4. The number of hydrogen-bond donors (Lipinski definition) is 1. The smallest absolute Gasteiger partial charge is 0.225 e. The number of aryl methyl sites for hydroxylation is 1. The SMILES string of the molecule is CCCc1nccn1-c1nc(NCC)nc2ccccc12. The van der Waals surface area contributed by atoms with Gasteiger partial charge in [0.05, 0.1) is 5.52 Å². The van der Waals surface area contributed by atoms with E-state index in [4.69, 9.17) is 0 Å². The molecule has 0 saturated heterocycles. The monoisotopic (exact) mass is 281 g/mol. The van der Waals surface area contributed by atoms with E-state index in [1.807, 2.05) is 37.5 Å². The molecule has 108 valence electrons. The van der Waals surface area contributed by atoms with Crippen LogP contribution in [0.3, 0.4) is 0 Å². The van der Waals surface area contributed by atoms with E-state index in [2.05, 4.69) is 37.8 Å². The molecule has 0 saturated carbocycles. The Hall–Kier alpha value is -2.43. The summed E-state index contributed by atoms with van der Waals surface area (Å²) >= 11 is 0. The molecule has 0 radical (unpaired) electrons. The van der Waals surface area contributed by atoms with E-state index < -0.39 is 0 Å². The molecule has 0 unspecified atom stereocenters. The van der Waals surface area contributed by atoms with Gasteiger partial charge in [-0.1, -0.05) is 19.1 Å². The summed E-state index contributed by atoms with van der Waals surface area (Å²) in [6, 6.07) is 8.07. The van der Waals surface area contributed by atoms with Crippen molar-refractivity contribution in [3.05, 3.63) is 42.5 Å². The Morgan fingerprint density at radius 1 is 1.14 bits per heavy atom. The molecular formula is C16H19N5. The molecule has 0 atom stereocenters. The van der Waals surface area contributed by atoms with E-state index in [-0.39, 0.29) is 0 Å². The van der Waals surface area contributed by atoms with Crippen molar-refractivity contribution in [2.24, 2.45) is 0 Å². The fourth-order valence-corrected chi connectivity index (χ4v) is 2.42. The first-order chi connectivity index (χ1) is 10.3. The van der Waals surface area contributed by atoms with E-state index in [0.717, 1.165) is 41.9 Å². The highest BCUT2D eigenvalue weighted by Crippen LogP contribution is 2.22. The van der Waals surface area contributed by atoms with Crippen LogP contribution >= 0.6 is 0 Å². The van der Waals surface area contributed by atoms with Gasteiger partial charge in [-0.05, 0) is 25.5 Å². The van der Waals surface area contributed by atoms with Gasteiger partial charge in [0.1, 0.15) is 5.82 Å². The minimum atomic E-state index is 0.655. The summed E-state index contributed by atoms with van der Waals surface area (Å²) in [6.07, 6.45) is 5.78. The molecule has 0 aliphatic carbocycles. The Morgan fingerprint density at radius 3 is 2.81 bits per heavy atom. The van der Waals surface area contributed by atoms with Gasteiger partial charge in [0.2, 0.25) is 5.95 Å². The van der Waals surface area contributed by atoms with Gasteiger partial charge in [0, 0.05) is 30.7 Å². The first-order valence-electron chi connectivity index (χ1n) is 7.36. The van der Waals surface area contributed by atoms with Crippen LogP contribution in [0.5, 0.6) is 0 Å². The van der Waals surface area contributed by atoms with Crippen LogP contribution in [-0.4, -0.2) is 26.1 Å². The van der Waals surface area contributed by atoms with Crippen LogP contribution in [0.25, 0.3) is 16.7 Å². The molecule has 0 aliphatic rings. The van der Waals surface area contributed by atoms with E-state index >= 15 is 0 Å². The van der Waals surface area contributed by atoms with E-state index in [1.165, 1.54) is 0 Å². The third kappa shape index (κ3) is 2.59. The first kappa shape index (κ1) is 13.5. The van der Waals surface area contributed by atoms with E-state index in [9.17, 15) is 0 Å². The molecular weight excluding hydrogens is 262 g/mol. The number of anilines is 1. The van der Waals surface area contributed by atoms with E-state index in [0.29, 0.717) is 5.95 Å². The van der Waals surface area contributed by atoms with Gasteiger partial charge < -0.3 is 5.32 Å². The van der Waals surface area contributed by atoms with Crippen LogP contribution in [0, 0.1) is 0 Å². The maximum absolute atomic E-state index is 4.68. The predicted molar refractivity (Wildman–Crippen MR) is 84.8 cm³/mol. The highest BCUT2D eigenvalue weighted by molar-refractivity contribution is 5.86. The quantitative estimate of drug-likeness (QED) is 0.780. The molecule has 1 aromatic carbocycles. The maximum atomic E-state index is 4.68. The summed E-state index contributed by atoms with van der Waals surface area (Å²) in [4.78, 5) is 13.7. The average molecular weight is 281 g/mol. The van der Waals surface area contributed by atoms with Crippen molar-refractivity contribution in [3.8, 4) is 5.82 Å². The van der Waals surface area contributed by atoms with Crippen LogP contribution in [0.15, 0.2) is 36.7 Å². The summed E-state index contributed by atoms with van der Waals surface area (Å²) < 4.78 is 2.06. The molecule has 0 bridgehead atoms. The predicted octanol–water partition coefficient (Wildman–Crippen LogP) is 3.20. The minimum Gasteiger partial charge on any atom is -0.354 e. The summed E-state index contributed by atoms with van der Waals surface area (Å²) in [7, 11) is 0. The van der Waals surface area contributed by atoms with E-state index in [1.54, 1.807) is 0 Å². The molecule has 5 heteroatoms. The summed E-state index contributed by atoms with van der Waals surface area (Å²) in [5.74, 6) is 2.57. The summed E-state index contributed by atoms with van der Waals surface area (Å²) in [5.41, 5.74) is 0.939. The lowest BCUT2D eigenvalue weighted by Crippen LogP contribution is -2.08. The number of nitrogens with one attached hydrogen (secondary N) is 1. The lowest BCUT2D eigenvalue weighted by atomic mass is 10.2. The fraction of sp³-hybridized carbons (Fsp3) is 0.312. The zero-order chi connectivity index (χ0) is 14.7. The van der Waals surface area contributed by atoms with Crippen LogP contribution < -0.4 is 5.32 Å². The molecule has 3 aromatic rings. The molecule has 2 aromatic heterocycles. The van der Waals surface area contributed by atoms with Gasteiger partial charge in [0.15, 0.2) is 5.82 Å². The van der Waals surface area contributed by atoms with Crippen molar-refractivity contribution < 1.29 is 0 Å². The lowest BCUT2D eigenvalue weighted by Gasteiger charge is -2.11. The number of imidazole rings is 1. The van der Waals surface area contributed by atoms with Gasteiger partial charge >= 0.3 is 0 Å². The average Bonchev–Trinajstić information content (AvgIpc) is 2.95. The van der Waals surface area contributed by atoms with Crippen LogP contribution in [-0.2, 0) is 6.42 Å². The molecule has 0 aliphatic heterocycles. The Morgan fingerprint density at radius 2 is 2.00 bits per heavy atom. The van der Waals surface area contributed by atoms with Crippen molar-refractivity contribution >= 4 is 16.9 Å².